The van der Waals surface area contributed by atoms with Crippen molar-refractivity contribution in [3.8, 4) is 0 Å². The summed E-state index contributed by atoms with van der Waals surface area (Å²) < 4.78 is 1.19. The number of Topliss-reactive ketones (excluding diaryl/α,β-unsaturated/α-hetero) is 1. The molecule has 1 nitrogen and oxygen atoms in total. The zero-order chi connectivity index (χ0) is 13.1. The highest BCUT2D eigenvalue weighted by molar-refractivity contribution is 7.17. The third kappa shape index (κ3) is 2.59. The van der Waals surface area contributed by atoms with Crippen LogP contribution in [-0.2, 0) is 6.42 Å². The topological polar surface area (TPSA) is 17.1 Å². The van der Waals surface area contributed by atoms with Crippen molar-refractivity contribution in [2.24, 2.45) is 0 Å². The summed E-state index contributed by atoms with van der Waals surface area (Å²) >= 11 is 1.64. The first kappa shape index (κ1) is 12.1. The number of hydrogen-bond acceptors (Lipinski definition) is 2. The number of fused-ring (bicyclic) bond motifs is 1. The Hall–Kier alpha value is -1.93. The number of carbonyl (C=O) groups is 1. The molecule has 0 bridgehead atoms. The molecule has 0 spiro atoms. The van der Waals surface area contributed by atoms with Crippen LogP contribution in [0.4, 0.5) is 0 Å². The number of rotatable bonds is 4. The second kappa shape index (κ2) is 5.37. The average Bonchev–Trinajstić information content (AvgIpc) is 2.90. The Balaban J connectivity index is 1.77. The molecule has 94 valence electrons. The number of carbonyl (C=O) groups excluding carboxylic acids is 1. The second-order valence-electron chi connectivity index (χ2n) is 4.55. The Kier molecular flexibility index (Phi) is 3.43. The number of hydrogen-bond donors (Lipinski definition) is 0. The number of aryl methyl sites for hydroxylation is 1. The summed E-state index contributed by atoms with van der Waals surface area (Å²) in [4.78, 5) is 12.3. The first-order valence-corrected chi connectivity index (χ1v) is 7.26. The van der Waals surface area contributed by atoms with Crippen LogP contribution in [-0.4, -0.2) is 5.78 Å². The molecule has 2 aromatic carbocycles. The lowest BCUT2D eigenvalue weighted by atomic mass is 10.0. The Morgan fingerprint density at radius 1 is 0.947 bits per heavy atom. The summed E-state index contributed by atoms with van der Waals surface area (Å²) in [6.45, 7) is 0. The van der Waals surface area contributed by atoms with Gasteiger partial charge in [0.15, 0.2) is 5.78 Å². The van der Waals surface area contributed by atoms with Crippen molar-refractivity contribution in [2.45, 2.75) is 12.8 Å². The first-order chi connectivity index (χ1) is 9.34. The van der Waals surface area contributed by atoms with Crippen LogP contribution < -0.4 is 0 Å². The molecule has 0 atom stereocenters. The molecule has 1 aromatic heterocycles. The van der Waals surface area contributed by atoms with Gasteiger partial charge in [-0.2, -0.15) is 0 Å². The molecule has 0 radical (unpaired) electrons. The normalized spacial score (nSPS) is 10.7. The molecule has 3 rings (SSSR count). The molecule has 0 N–H and O–H groups in total. The van der Waals surface area contributed by atoms with Gasteiger partial charge in [-0.3, -0.25) is 4.79 Å². The van der Waals surface area contributed by atoms with Gasteiger partial charge in [0, 0.05) is 27.5 Å². The van der Waals surface area contributed by atoms with Crippen LogP contribution in [0.15, 0.2) is 60.0 Å². The van der Waals surface area contributed by atoms with Crippen molar-refractivity contribution in [3.63, 3.8) is 0 Å². The van der Waals surface area contributed by atoms with Gasteiger partial charge >= 0.3 is 0 Å². The summed E-state index contributed by atoms with van der Waals surface area (Å²) in [5, 5.41) is 3.07. The third-order valence-electron chi connectivity index (χ3n) is 3.26. The van der Waals surface area contributed by atoms with E-state index in [2.05, 4.69) is 18.2 Å². The van der Waals surface area contributed by atoms with Gasteiger partial charge < -0.3 is 0 Å². The maximum Gasteiger partial charge on any atom is 0.164 e. The van der Waals surface area contributed by atoms with Gasteiger partial charge in [-0.05, 0) is 18.1 Å². The summed E-state index contributed by atoms with van der Waals surface area (Å²) in [5.74, 6) is 0.237. The monoisotopic (exact) mass is 266 g/mol. The van der Waals surface area contributed by atoms with Crippen LogP contribution in [0.5, 0.6) is 0 Å². The largest absolute Gasteiger partial charge is 0.294 e. The van der Waals surface area contributed by atoms with Crippen molar-refractivity contribution in [3.05, 3.63) is 71.1 Å². The van der Waals surface area contributed by atoms with Gasteiger partial charge in [0.25, 0.3) is 0 Å². The van der Waals surface area contributed by atoms with E-state index in [0.29, 0.717) is 6.42 Å². The van der Waals surface area contributed by atoms with Gasteiger partial charge in [0.05, 0.1) is 0 Å². The van der Waals surface area contributed by atoms with Crippen molar-refractivity contribution < 1.29 is 4.79 Å². The average molecular weight is 266 g/mol. The second-order valence-corrected chi connectivity index (χ2v) is 5.47. The molecule has 3 aromatic rings. The lowest BCUT2D eigenvalue weighted by Crippen LogP contribution is -2.00. The smallest absolute Gasteiger partial charge is 0.164 e. The van der Waals surface area contributed by atoms with Gasteiger partial charge in [-0.15, -0.1) is 11.3 Å². The maximum atomic E-state index is 12.3. The van der Waals surface area contributed by atoms with Crippen molar-refractivity contribution >= 4 is 27.2 Å². The van der Waals surface area contributed by atoms with Crippen LogP contribution in [0.1, 0.15) is 22.3 Å². The summed E-state index contributed by atoms with van der Waals surface area (Å²) in [7, 11) is 0. The molecule has 0 fully saturated rings. The Morgan fingerprint density at radius 2 is 1.68 bits per heavy atom. The fourth-order valence-electron chi connectivity index (χ4n) is 2.23. The summed E-state index contributed by atoms with van der Waals surface area (Å²) in [6.07, 6.45) is 1.38. The highest BCUT2D eigenvalue weighted by Gasteiger charge is 2.11. The van der Waals surface area contributed by atoms with Crippen molar-refractivity contribution in [1.29, 1.82) is 0 Å². The lowest BCUT2D eigenvalue weighted by molar-refractivity contribution is 0.0985. The highest BCUT2D eigenvalue weighted by Crippen LogP contribution is 2.26. The first-order valence-electron chi connectivity index (χ1n) is 6.38. The van der Waals surface area contributed by atoms with E-state index in [9.17, 15) is 4.79 Å². The SMILES string of the molecule is O=C(CCc1ccccc1)c1csc2ccccc12. The van der Waals surface area contributed by atoms with Crippen LogP contribution in [0.25, 0.3) is 10.1 Å². The molecule has 0 saturated heterocycles. The predicted molar refractivity (Wildman–Crippen MR) is 80.9 cm³/mol. The van der Waals surface area contributed by atoms with E-state index in [1.807, 2.05) is 41.8 Å². The standard InChI is InChI=1S/C17H14OS/c18-16(11-10-13-6-2-1-3-7-13)15-12-19-17-9-5-4-8-14(15)17/h1-9,12H,10-11H2. The lowest BCUT2D eigenvalue weighted by Gasteiger charge is -2.01. The van der Waals surface area contributed by atoms with E-state index in [0.717, 1.165) is 17.4 Å². The summed E-state index contributed by atoms with van der Waals surface area (Å²) in [6, 6.07) is 18.3. The Morgan fingerprint density at radius 3 is 2.53 bits per heavy atom. The van der Waals surface area contributed by atoms with E-state index in [1.165, 1.54) is 10.3 Å². The maximum absolute atomic E-state index is 12.3. The molecule has 0 aliphatic carbocycles. The van der Waals surface area contributed by atoms with E-state index in [-0.39, 0.29) is 5.78 Å². The molecule has 0 aliphatic heterocycles. The van der Waals surface area contributed by atoms with Crippen LogP contribution >= 0.6 is 11.3 Å². The molecule has 0 unspecified atom stereocenters. The minimum absolute atomic E-state index is 0.237. The van der Waals surface area contributed by atoms with Gasteiger partial charge in [0.1, 0.15) is 0 Å². The Labute approximate surface area is 116 Å². The van der Waals surface area contributed by atoms with E-state index < -0.39 is 0 Å². The summed E-state index contributed by atoms with van der Waals surface area (Å²) in [5.41, 5.74) is 2.09. The minimum atomic E-state index is 0.237. The quantitative estimate of drug-likeness (QED) is 0.625. The zero-order valence-electron chi connectivity index (χ0n) is 10.5. The highest BCUT2D eigenvalue weighted by atomic mass is 32.1. The van der Waals surface area contributed by atoms with Crippen molar-refractivity contribution in [2.75, 3.05) is 0 Å². The van der Waals surface area contributed by atoms with Crippen molar-refractivity contribution in [1.82, 2.24) is 0 Å². The zero-order valence-corrected chi connectivity index (χ0v) is 11.3. The van der Waals surface area contributed by atoms with E-state index >= 15 is 0 Å². The predicted octanol–water partition coefficient (Wildman–Crippen LogP) is 4.72. The fourth-order valence-corrected chi connectivity index (χ4v) is 3.20. The number of ketones is 1. The number of benzene rings is 2. The van der Waals surface area contributed by atoms with Crippen LogP contribution in [0.2, 0.25) is 0 Å². The molecule has 1 heterocycles. The molecule has 0 saturated carbocycles. The van der Waals surface area contributed by atoms with E-state index in [4.69, 9.17) is 0 Å². The minimum Gasteiger partial charge on any atom is -0.294 e. The molecular formula is C17H14OS. The van der Waals surface area contributed by atoms with Crippen LogP contribution in [0.3, 0.4) is 0 Å². The Bertz CT molecular complexity index is 697. The number of thiophene rings is 1. The fraction of sp³-hybridized carbons (Fsp3) is 0.118. The molecule has 0 amide bonds. The third-order valence-corrected chi connectivity index (χ3v) is 4.23. The molecular weight excluding hydrogens is 252 g/mol. The van der Waals surface area contributed by atoms with Gasteiger partial charge in [0.2, 0.25) is 0 Å². The molecule has 0 aliphatic rings. The van der Waals surface area contributed by atoms with Gasteiger partial charge in [-0.1, -0.05) is 48.5 Å². The van der Waals surface area contributed by atoms with E-state index in [1.54, 1.807) is 11.3 Å². The van der Waals surface area contributed by atoms with Crippen LogP contribution in [0, 0.1) is 0 Å². The van der Waals surface area contributed by atoms with Gasteiger partial charge in [-0.25, -0.2) is 0 Å². The molecule has 2 heteroatoms. The molecule has 19 heavy (non-hydrogen) atoms.